The lowest BCUT2D eigenvalue weighted by molar-refractivity contribution is -0.125. The summed E-state index contributed by atoms with van der Waals surface area (Å²) in [6, 6.07) is 2.58. The molecule has 2 saturated heterocycles. The van der Waals surface area contributed by atoms with Crippen molar-refractivity contribution in [3.63, 3.8) is 0 Å². The molecule has 11 heteroatoms. The number of sulfonamides is 1. The molecule has 27 heavy (non-hydrogen) atoms. The van der Waals surface area contributed by atoms with Crippen molar-refractivity contribution in [2.45, 2.75) is 42.0 Å². The lowest BCUT2D eigenvalue weighted by atomic mass is 10.0. The highest BCUT2D eigenvalue weighted by Gasteiger charge is 2.40. The Morgan fingerprint density at radius 2 is 1.93 bits per heavy atom. The molecule has 3 heterocycles. The topological polar surface area (TPSA) is 113 Å². The number of rotatable bonds is 6. The summed E-state index contributed by atoms with van der Waals surface area (Å²) in [5.74, 6) is -0.593. The number of nitrogens with zero attached hydrogens (tertiary/aromatic N) is 2. The summed E-state index contributed by atoms with van der Waals surface area (Å²) in [6.07, 6.45) is 2.63. The predicted molar refractivity (Wildman–Crippen MR) is 106 cm³/mol. The number of primary amides is 1. The van der Waals surface area contributed by atoms with Gasteiger partial charge in [-0.3, -0.25) is 14.5 Å². The quantitative estimate of drug-likeness (QED) is 0.625. The van der Waals surface area contributed by atoms with E-state index in [-0.39, 0.29) is 28.6 Å². The van der Waals surface area contributed by atoms with Crippen LogP contribution in [-0.2, 0) is 19.6 Å². The van der Waals surface area contributed by atoms with Crippen molar-refractivity contribution in [1.82, 2.24) is 14.5 Å². The molecule has 8 nitrogen and oxygen atoms in total. The second kappa shape index (κ2) is 8.56. The van der Waals surface area contributed by atoms with Gasteiger partial charge in [-0.25, -0.2) is 8.42 Å². The van der Waals surface area contributed by atoms with E-state index in [2.05, 4.69) is 21.2 Å². The minimum absolute atomic E-state index is 0.0114. The maximum Gasteiger partial charge on any atom is 0.253 e. The molecule has 3 rings (SSSR count). The van der Waals surface area contributed by atoms with E-state index in [0.29, 0.717) is 32.5 Å². The van der Waals surface area contributed by atoms with E-state index in [9.17, 15) is 18.0 Å². The fourth-order valence-electron chi connectivity index (χ4n) is 3.59. The zero-order valence-corrected chi connectivity index (χ0v) is 18.0. The number of nitrogens with one attached hydrogen (secondary N) is 1. The lowest BCUT2D eigenvalue weighted by Gasteiger charge is -2.32. The Kier molecular flexibility index (Phi) is 6.57. The molecule has 1 aromatic rings. The second-order valence-electron chi connectivity index (χ2n) is 6.86. The van der Waals surface area contributed by atoms with E-state index >= 15 is 0 Å². The van der Waals surface area contributed by atoms with Gasteiger partial charge in [-0.2, -0.15) is 4.31 Å². The Bertz CT molecular complexity index is 805. The minimum Gasteiger partial charge on any atom is -0.369 e. The normalized spacial score (nSPS) is 22.8. The van der Waals surface area contributed by atoms with Gasteiger partial charge in [0.2, 0.25) is 11.8 Å². The average Bonchev–Trinajstić information content (AvgIpc) is 3.25. The van der Waals surface area contributed by atoms with Gasteiger partial charge < -0.3 is 11.1 Å². The van der Waals surface area contributed by atoms with Gasteiger partial charge in [-0.1, -0.05) is 0 Å². The highest BCUT2D eigenvalue weighted by atomic mass is 79.9. The van der Waals surface area contributed by atoms with Gasteiger partial charge >= 0.3 is 0 Å². The predicted octanol–water partition coefficient (Wildman–Crippen LogP) is 0.730. The SMILES string of the molecule is NC(=O)CN1CCC(NC(=O)[C@H]2CCCN2S(=O)(=O)c2ccc(Br)s2)CC1. The molecule has 0 radical (unpaired) electrons. The van der Waals surface area contributed by atoms with Crippen LogP contribution in [0.25, 0.3) is 0 Å². The van der Waals surface area contributed by atoms with Crippen LogP contribution >= 0.6 is 27.3 Å². The molecule has 0 aliphatic carbocycles. The first-order valence-electron chi connectivity index (χ1n) is 8.85. The lowest BCUT2D eigenvalue weighted by Crippen LogP contribution is -2.52. The molecular weight excluding hydrogens is 456 g/mol. The van der Waals surface area contributed by atoms with Crippen LogP contribution in [0.3, 0.4) is 0 Å². The molecule has 3 N–H and O–H groups in total. The minimum atomic E-state index is -3.67. The van der Waals surface area contributed by atoms with Gasteiger partial charge in [0.15, 0.2) is 0 Å². The summed E-state index contributed by atoms with van der Waals surface area (Å²) in [6.45, 7) is 1.95. The molecule has 2 fully saturated rings. The Morgan fingerprint density at radius 1 is 1.22 bits per heavy atom. The molecule has 0 bridgehead atoms. The van der Waals surface area contributed by atoms with Crippen molar-refractivity contribution in [2.75, 3.05) is 26.2 Å². The van der Waals surface area contributed by atoms with Crippen molar-refractivity contribution in [2.24, 2.45) is 5.73 Å². The first kappa shape index (κ1) is 20.7. The molecule has 1 atom stereocenters. The van der Waals surface area contributed by atoms with Crippen LogP contribution in [0.4, 0.5) is 0 Å². The van der Waals surface area contributed by atoms with E-state index in [1.807, 2.05) is 4.90 Å². The Morgan fingerprint density at radius 3 is 2.52 bits per heavy atom. The second-order valence-corrected chi connectivity index (χ2v) is 11.4. The van der Waals surface area contributed by atoms with E-state index in [4.69, 9.17) is 5.73 Å². The van der Waals surface area contributed by atoms with Gasteiger partial charge in [0.25, 0.3) is 10.0 Å². The smallest absolute Gasteiger partial charge is 0.253 e. The largest absolute Gasteiger partial charge is 0.369 e. The van der Waals surface area contributed by atoms with E-state index in [0.717, 1.165) is 28.0 Å². The molecule has 1 aromatic heterocycles. The standard InChI is InChI=1S/C16H23BrN4O4S2/c17-13-3-4-15(26-13)27(24,25)21-7-1-2-12(21)16(23)19-11-5-8-20(9-6-11)10-14(18)22/h3-4,11-12H,1-2,5-10H2,(H2,18,22)(H,19,23)/t12-/m1/s1. The fraction of sp³-hybridized carbons (Fsp3) is 0.625. The van der Waals surface area contributed by atoms with Crippen LogP contribution in [0.2, 0.25) is 0 Å². The number of hydrogen-bond donors (Lipinski definition) is 2. The van der Waals surface area contributed by atoms with E-state index < -0.39 is 16.1 Å². The maximum absolute atomic E-state index is 12.9. The zero-order valence-electron chi connectivity index (χ0n) is 14.8. The number of carbonyl (C=O) groups excluding carboxylic acids is 2. The molecule has 0 saturated carbocycles. The number of thiophene rings is 1. The van der Waals surface area contributed by atoms with Crippen LogP contribution in [0.5, 0.6) is 0 Å². The number of amides is 2. The van der Waals surface area contributed by atoms with E-state index in [1.54, 1.807) is 12.1 Å². The Labute approximate surface area is 171 Å². The monoisotopic (exact) mass is 478 g/mol. The average molecular weight is 479 g/mol. The highest BCUT2D eigenvalue weighted by Crippen LogP contribution is 2.32. The third kappa shape index (κ3) is 4.89. The van der Waals surface area contributed by atoms with Gasteiger partial charge in [0, 0.05) is 25.7 Å². The zero-order chi connectivity index (χ0) is 19.6. The van der Waals surface area contributed by atoms with Crippen molar-refractivity contribution >= 4 is 49.1 Å². The summed E-state index contributed by atoms with van der Waals surface area (Å²) < 4.78 is 28.1. The number of hydrogen-bond acceptors (Lipinski definition) is 6. The molecule has 0 aromatic carbocycles. The van der Waals surface area contributed by atoms with Crippen molar-refractivity contribution in [1.29, 1.82) is 0 Å². The first-order chi connectivity index (χ1) is 12.8. The summed E-state index contributed by atoms with van der Waals surface area (Å²) >= 11 is 4.43. The molecule has 0 unspecified atom stereocenters. The molecular formula is C16H23BrN4O4S2. The summed E-state index contributed by atoms with van der Waals surface area (Å²) in [7, 11) is -3.67. The van der Waals surface area contributed by atoms with Crippen molar-refractivity contribution in [3.8, 4) is 0 Å². The number of likely N-dealkylation sites (tertiary alicyclic amines) is 1. The third-order valence-electron chi connectivity index (χ3n) is 4.93. The Hall–Kier alpha value is -1.01. The van der Waals surface area contributed by atoms with E-state index in [1.165, 1.54) is 4.31 Å². The number of carbonyl (C=O) groups is 2. The number of halogens is 1. The molecule has 150 valence electrons. The van der Waals surface area contributed by atoms with Gasteiger partial charge in [-0.05, 0) is 53.7 Å². The Balaban J connectivity index is 1.60. The third-order valence-corrected chi connectivity index (χ3v) is 8.93. The first-order valence-corrected chi connectivity index (χ1v) is 11.9. The summed E-state index contributed by atoms with van der Waals surface area (Å²) in [5.41, 5.74) is 5.21. The van der Waals surface area contributed by atoms with Crippen LogP contribution in [0.15, 0.2) is 20.1 Å². The van der Waals surface area contributed by atoms with Crippen LogP contribution in [0, 0.1) is 0 Å². The number of piperidine rings is 1. The van der Waals surface area contributed by atoms with Crippen molar-refractivity contribution < 1.29 is 18.0 Å². The molecule has 2 aliphatic heterocycles. The van der Waals surface area contributed by atoms with Gasteiger partial charge in [0.1, 0.15) is 10.3 Å². The molecule has 0 spiro atoms. The van der Waals surface area contributed by atoms with Crippen molar-refractivity contribution in [3.05, 3.63) is 15.9 Å². The summed E-state index contributed by atoms with van der Waals surface area (Å²) in [5, 5.41) is 3.00. The fourth-order valence-corrected chi connectivity index (χ4v) is 7.39. The van der Waals surface area contributed by atoms with Crippen LogP contribution in [-0.4, -0.2) is 67.7 Å². The molecule has 2 amide bonds. The highest BCUT2D eigenvalue weighted by molar-refractivity contribution is 9.11. The number of nitrogens with two attached hydrogens (primary N) is 1. The van der Waals surface area contributed by atoms with Crippen LogP contribution < -0.4 is 11.1 Å². The molecule has 2 aliphatic rings. The van der Waals surface area contributed by atoms with Gasteiger partial charge in [0.05, 0.1) is 10.3 Å². The van der Waals surface area contributed by atoms with Gasteiger partial charge in [-0.15, -0.1) is 11.3 Å². The maximum atomic E-state index is 12.9. The van der Waals surface area contributed by atoms with Crippen LogP contribution in [0.1, 0.15) is 25.7 Å². The summed E-state index contributed by atoms with van der Waals surface area (Å²) in [4.78, 5) is 25.7.